The average molecular weight is 413 g/mol. The highest BCUT2D eigenvalue weighted by Gasteiger charge is 2.50. The molecule has 166 valence electrons. The van der Waals surface area contributed by atoms with Gasteiger partial charge in [0.15, 0.2) is 0 Å². The standard InChI is InChI=1S/C27H40O3/c1-18(8-6-14-26(3,4)30)23-12-13-24-20(9-7-15-27(23,24)5)10-11-21-16-22(28)17-25(29)19(21)2/h10-11,18,22-25,28-30H,2,7-9,12-13,15-17H2,1,3-5H3/b20-10-,21-11-/t18-,22-,23-,24-,25+,27-/m1/s1. The van der Waals surface area contributed by atoms with Crippen molar-refractivity contribution in [2.75, 3.05) is 0 Å². The molecular formula is C27H40O3. The summed E-state index contributed by atoms with van der Waals surface area (Å²) >= 11 is 0. The number of allylic oxidation sites excluding steroid dienone is 3. The molecule has 3 heteroatoms. The van der Waals surface area contributed by atoms with Crippen molar-refractivity contribution >= 4 is 0 Å². The lowest BCUT2D eigenvalue weighted by Crippen LogP contribution is -2.36. The molecule has 0 heterocycles. The predicted octanol–water partition coefficient (Wildman–Crippen LogP) is 4.93. The molecular weight excluding hydrogens is 372 g/mol. The molecule has 0 saturated heterocycles. The van der Waals surface area contributed by atoms with Gasteiger partial charge in [-0.25, -0.2) is 0 Å². The predicted molar refractivity (Wildman–Crippen MR) is 123 cm³/mol. The van der Waals surface area contributed by atoms with Gasteiger partial charge in [-0.1, -0.05) is 44.1 Å². The fourth-order valence-electron chi connectivity index (χ4n) is 6.25. The van der Waals surface area contributed by atoms with Gasteiger partial charge in [-0.2, -0.15) is 0 Å². The smallest absolute Gasteiger partial charge is 0.119 e. The molecule has 3 N–H and O–H groups in total. The first kappa shape index (κ1) is 23.3. The first-order chi connectivity index (χ1) is 14.0. The summed E-state index contributed by atoms with van der Waals surface area (Å²) in [5.41, 5.74) is 2.67. The van der Waals surface area contributed by atoms with Gasteiger partial charge in [0.05, 0.1) is 12.2 Å². The molecule has 3 aliphatic rings. The highest BCUT2D eigenvalue weighted by Crippen LogP contribution is 2.59. The van der Waals surface area contributed by atoms with Gasteiger partial charge in [0.1, 0.15) is 5.60 Å². The Balaban J connectivity index is 1.75. The van der Waals surface area contributed by atoms with Gasteiger partial charge < -0.3 is 15.3 Å². The largest absolute Gasteiger partial charge is 0.393 e. The van der Waals surface area contributed by atoms with Crippen molar-refractivity contribution in [1.29, 1.82) is 0 Å². The molecule has 0 radical (unpaired) electrons. The van der Waals surface area contributed by atoms with Crippen molar-refractivity contribution in [1.82, 2.24) is 0 Å². The van der Waals surface area contributed by atoms with E-state index in [2.05, 4.69) is 44.4 Å². The van der Waals surface area contributed by atoms with Crippen molar-refractivity contribution in [3.05, 3.63) is 35.5 Å². The number of fused-ring (bicyclic) bond motifs is 1. The molecule has 3 fully saturated rings. The van der Waals surface area contributed by atoms with Crippen LogP contribution in [0.4, 0.5) is 0 Å². The Morgan fingerprint density at radius 2 is 2.00 bits per heavy atom. The lowest BCUT2D eigenvalue weighted by Gasteiger charge is -2.44. The number of aliphatic hydroxyl groups is 3. The van der Waals surface area contributed by atoms with Gasteiger partial charge in [0.2, 0.25) is 0 Å². The normalized spacial score (nSPS) is 38.3. The van der Waals surface area contributed by atoms with E-state index in [-0.39, 0.29) is 0 Å². The van der Waals surface area contributed by atoms with Crippen molar-refractivity contribution in [3.63, 3.8) is 0 Å². The summed E-state index contributed by atoms with van der Waals surface area (Å²) in [5.74, 6) is 7.98. The molecule has 3 nitrogen and oxygen atoms in total. The SMILES string of the molecule is C=C1/C(=C\C=C2\CCC[C@@]3(C)[C@@H]2CC[C@@H]3[C@H](C)CC#CC(C)(C)O)C[C@@H](O)C[C@@H]1O. The van der Waals surface area contributed by atoms with Crippen LogP contribution >= 0.6 is 0 Å². The number of hydrogen-bond donors (Lipinski definition) is 3. The summed E-state index contributed by atoms with van der Waals surface area (Å²) in [7, 11) is 0. The van der Waals surface area contributed by atoms with E-state index in [1.165, 1.54) is 31.3 Å². The minimum absolute atomic E-state index is 0.307. The van der Waals surface area contributed by atoms with Crippen LogP contribution in [0, 0.1) is 35.0 Å². The third-order valence-electron chi connectivity index (χ3n) is 7.81. The quantitative estimate of drug-likeness (QED) is 0.576. The summed E-state index contributed by atoms with van der Waals surface area (Å²) in [5, 5.41) is 30.0. The Bertz CT molecular complexity index is 772. The first-order valence-electron chi connectivity index (χ1n) is 11.7. The molecule has 0 unspecified atom stereocenters. The van der Waals surface area contributed by atoms with Crippen LogP contribution in [0.15, 0.2) is 35.5 Å². The maximum Gasteiger partial charge on any atom is 0.119 e. The molecule has 0 aliphatic heterocycles. The third-order valence-corrected chi connectivity index (χ3v) is 7.81. The Hall–Kier alpha value is -1.34. The van der Waals surface area contributed by atoms with E-state index in [0.29, 0.717) is 36.0 Å². The van der Waals surface area contributed by atoms with E-state index in [1.807, 2.05) is 0 Å². The number of hydrogen-bond acceptors (Lipinski definition) is 3. The van der Waals surface area contributed by atoms with Crippen LogP contribution in [-0.4, -0.2) is 33.1 Å². The zero-order valence-electron chi connectivity index (χ0n) is 19.2. The molecule has 30 heavy (non-hydrogen) atoms. The topological polar surface area (TPSA) is 60.7 Å². The fraction of sp³-hybridized carbons (Fsp3) is 0.704. The highest BCUT2D eigenvalue weighted by molar-refractivity contribution is 5.38. The molecule has 0 aromatic heterocycles. The van der Waals surface area contributed by atoms with Crippen LogP contribution in [0.25, 0.3) is 0 Å². The Labute approximate surface area is 183 Å². The van der Waals surface area contributed by atoms with Crippen LogP contribution in [0.3, 0.4) is 0 Å². The minimum Gasteiger partial charge on any atom is -0.393 e. The second kappa shape index (κ2) is 9.03. The summed E-state index contributed by atoms with van der Waals surface area (Å²) < 4.78 is 0. The highest BCUT2D eigenvalue weighted by atomic mass is 16.3. The van der Waals surface area contributed by atoms with Crippen LogP contribution < -0.4 is 0 Å². The Kier molecular flexibility index (Phi) is 7.02. The van der Waals surface area contributed by atoms with E-state index in [0.717, 1.165) is 24.0 Å². The lowest BCUT2D eigenvalue weighted by molar-refractivity contribution is 0.0861. The van der Waals surface area contributed by atoms with E-state index < -0.39 is 17.8 Å². The molecule has 6 atom stereocenters. The van der Waals surface area contributed by atoms with E-state index in [4.69, 9.17) is 0 Å². The van der Waals surface area contributed by atoms with Gasteiger partial charge in [-0.05, 0) is 86.7 Å². The summed E-state index contributed by atoms with van der Waals surface area (Å²) in [4.78, 5) is 0. The summed E-state index contributed by atoms with van der Waals surface area (Å²) in [6.45, 7) is 12.3. The summed E-state index contributed by atoms with van der Waals surface area (Å²) in [6.07, 6.45) is 11.2. The maximum absolute atomic E-state index is 10.1. The van der Waals surface area contributed by atoms with Crippen molar-refractivity contribution in [2.24, 2.45) is 23.2 Å². The second-order valence-electron chi connectivity index (χ2n) is 10.7. The molecule has 0 aromatic rings. The van der Waals surface area contributed by atoms with Crippen LogP contribution in [0.2, 0.25) is 0 Å². The molecule has 0 amide bonds. The average Bonchev–Trinajstić information content (AvgIpc) is 3.00. The maximum atomic E-state index is 10.1. The third kappa shape index (κ3) is 5.10. The molecule has 3 aliphatic carbocycles. The van der Waals surface area contributed by atoms with Gasteiger partial charge in [0, 0.05) is 12.8 Å². The molecule has 3 saturated carbocycles. The lowest BCUT2D eigenvalue weighted by atomic mass is 9.61. The van der Waals surface area contributed by atoms with Gasteiger partial charge in [-0.15, -0.1) is 5.92 Å². The fourth-order valence-corrected chi connectivity index (χ4v) is 6.25. The van der Waals surface area contributed by atoms with Gasteiger partial charge in [0.25, 0.3) is 0 Å². The van der Waals surface area contributed by atoms with Crippen LogP contribution in [0.5, 0.6) is 0 Å². The number of rotatable bonds is 3. The zero-order chi connectivity index (χ0) is 22.1. The van der Waals surface area contributed by atoms with Crippen molar-refractivity contribution in [3.8, 4) is 11.8 Å². The molecule has 0 bridgehead atoms. The van der Waals surface area contributed by atoms with Gasteiger partial charge >= 0.3 is 0 Å². The van der Waals surface area contributed by atoms with Crippen LogP contribution in [0.1, 0.15) is 79.1 Å². The Morgan fingerprint density at radius 3 is 2.70 bits per heavy atom. The monoisotopic (exact) mass is 412 g/mol. The Morgan fingerprint density at radius 1 is 1.27 bits per heavy atom. The molecule has 3 rings (SSSR count). The summed E-state index contributed by atoms with van der Waals surface area (Å²) in [6, 6.07) is 0. The van der Waals surface area contributed by atoms with E-state index in [9.17, 15) is 15.3 Å². The second-order valence-corrected chi connectivity index (χ2v) is 10.7. The first-order valence-corrected chi connectivity index (χ1v) is 11.7. The molecule has 0 aromatic carbocycles. The minimum atomic E-state index is -0.916. The van der Waals surface area contributed by atoms with Crippen LogP contribution in [-0.2, 0) is 0 Å². The van der Waals surface area contributed by atoms with Crippen molar-refractivity contribution in [2.45, 2.75) is 96.9 Å². The van der Waals surface area contributed by atoms with E-state index >= 15 is 0 Å². The van der Waals surface area contributed by atoms with Crippen molar-refractivity contribution < 1.29 is 15.3 Å². The van der Waals surface area contributed by atoms with Gasteiger partial charge in [-0.3, -0.25) is 0 Å². The van der Waals surface area contributed by atoms with E-state index in [1.54, 1.807) is 13.8 Å². The zero-order valence-corrected chi connectivity index (χ0v) is 19.2. The number of aliphatic hydroxyl groups excluding tert-OH is 2. The molecule has 0 spiro atoms.